The van der Waals surface area contributed by atoms with Gasteiger partial charge in [0.1, 0.15) is 11.2 Å². The first-order valence-corrected chi connectivity index (χ1v) is 8.99. The van der Waals surface area contributed by atoms with Gasteiger partial charge in [0, 0.05) is 16.5 Å². The summed E-state index contributed by atoms with van der Waals surface area (Å²) in [4.78, 5) is 0.0451. The average Bonchev–Trinajstić information content (AvgIpc) is 2.99. The second-order valence-electron chi connectivity index (χ2n) is 5.55. The first-order valence-electron chi connectivity index (χ1n) is 7.51. The molecule has 0 unspecified atom stereocenters. The molecule has 3 aromatic carbocycles. The summed E-state index contributed by atoms with van der Waals surface area (Å²) >= 11 is 0. The van der Waals surface area contributed by atoms with E-state index in [9.17, 15) is 8.42 Å². The number of rotatable bonds is 3. The second-order valence-corrected chi connectivity index (χ2v) is 7.24. The van der Waals surface area contributed by atoms with Crippen molar-refractivity contribution >= 4 is 37.6 Å². The predicted molar refractivity (Wildman–Crippen MR) is 95.7 cm³/mol. The third-order valence-corrected chi connectivity index (χ3v) is 5.28. The zero-order chi connectivity index (χ0) is 17.4. The standard InChI is InChI=1S/C19H12N2O3S/c20-12-13-4-3-5-15(10-13)25(22,23)21-14-8-9-19-17(11-14)16-6-1-2-7-18(16)24-19/h1-11,21H. The number of fused-ring (bicyclic) bond motifs is 3. The van der Waals surface area contributed by atoms with Crippen LogP contribution in [0.1, 0.15) is 5.56 Å². The number of hydrogen-bond acceptors (Lipinski definition) is 4. The van der Waals surface area contributed by atoms with E-state index in [2.05, 4.69) is 4.72 Å². The molecule has 1 N–H and O–H groups in total. The largest absolute Gasteiger partial charge is 0.456 e. The molecule has 5 nitrogen and oxygen atoms in total. The summed E-state index contributed by atoms with van der Waals surface area (Å²) in [5, 5.41) is 10.7. The molecule has 0 fully saturated rings. The van der Waals surface area contributed by atoms with E-state index in [0.717, 1.165) is 16.4 Å². The van der Waals surface area contributed by atoms with Crippen molar-refractivity contribution in [1.29, 1.82) is 5.26 Å². The monoisotopic (exact) mass is 348 g/mol. The van der Waals surface area contributed by atoms with Crippen molar-refractivity contribution < 1.29 is 12.8 Å². The number of anilines is 1. The molecule has 0 saturated carbocycles. The predicted octanol–water partition coefficient (Wildman–Crippen LogP) is 4.26. The minimum atomic E-state index is -3.78. The van der Waals surface area contributed by atoms with Gasteiger partial charge >= 0.3 is 0 Å². The molecule has 25 heavy (non-hydrogen) atoms. The Morgan fingerprint density at radius 2 is 1.68 bits per heavy atom. The molecule has 1 heterocycles. The highest BCUT2D eigenvalue weighted by molar-refractivity contribution is 7.92. The Morgan fingerprint density at radius 1 is 0.880 bits per heavy atom. The molecule has 0 amide bonds. The summed E-state index contributed by atoms with van der Waals surface area (Å²) in [6.07, 6.45) is 0. The lowest BCUT2D eigenvalue weighted by molar-refractivity contribution is 0.601. The van der Waals surface area contributed by atoms with Crippen molar-refractivity contribution in [3.63, 3.8) is 0 Å². The van der Waals surface area contributed by atoms with E-state index in [4.69, 9.17) is 9.68 Å². The fraction of sp³-hybridized carbons (Fsp3) is 0. The number of benzene rings is 3. The molecule has 6 heteroatoms. The average molecular weight is 348 g/mol. The van der Waals surface area contributed by atoms with Gasteiger partial charge in [-0.3, -0.25) is 4.72 Å². The smallest absolute Gasteiger partial charge is 0.261 e. The van der Waals surface area contributed by atoms with Crippen LogP contribution in [0.15, 0.2) is 76.0 Å². The zero-order valence-electron chi connectivity index (χ0n) is 12.9. The van der Waals surface area contributed by atoms with Gasteiger partial charge < -0.3 is 4.42 Å². The Kier molecular flexibility index (Phi) is 3.45. The molecule has 0 aliphatic rings. The maximum atomic E-state index is 12.6. The summed E-state index contributed by atoms with van der Waals surface area (Å²) < 4.78 is 33.4. The molecule has 122 valence electrons. The van der Waals surface area contributed by atoms with Crippen LogP contribution < -0.4 is 4.72 Å². The number of nitrogens with one attached hydrogen (secondary N) is 1. The summed E-state index contributed by atoms with van der Waals surface area (Å²) in [5.41, 5.74) is 2.16. The van der Waals surface area contributed by atoms with Crippen molar-refractivity contribution in [2.75, 3.05) is 4.72 Å². The van der Waals surface area contributed by atoms with Gasteiger partial charge in [-0.2, -0.15) is 5.26 Å². The molecule has 0 aliphatic carbocycles. The van der Waals surface area contributed by atoms with Crippen molar-refractivity contribution in [2.45, 2.75) is 4.90 Å². The molecular weight excluding hydrogens is 336 g/mol. The highest BCUT2D eigenvalue weighted by Gasteiger charge is 2.16. The van der Waals surface area contributed by atoms with Crippen LogP contribution >= 0.6 is 0 Å². The van der Waals surface area contributed by atoms with Gasteiger partial charge in [-0.25, -0.2) is 8.42 Å². The molecule has 0 saturated heterocycles. The van der Waals surface area contributed by atoms with Crippen LogP contribution in [0.5, 0.6) is 0 Å². The molecule has 1 aromatic heterocycles. The first kappa shape index (κ1) is 15.2. The number of nitrogens with zero attached hydrogens (tertiary/aromatic N) is 1. The summed E-state index contributed by atoms with van der Waals surface area (Å²) in [7, 11) is -3.78. The Labute approximate surface area is 144 Å². The van der Waals surface area contributed by atoms with Gasteiger partial charge in [0.15, 0.2) is 0 Å². The van der Waals surface area contributed by atoms with Crippen LogP contribution in [0.3, 0.4) is 0 Å². The molecule has 0 atom stereocenters. The van der Waals surface area contributed by atoms with E-state index in [-0.39, 0.29) is 4.90 Å². The van der Waals surface area contributed by atoms with Crippen LogP contribution in [0.4, 0.5) is 5.69 Å². The quantitative estimate of drug-likeness (QED) is 0.600. The lowest BCUT2D eigenvalue weighted by Gasteiger charge is -2.08. The Balaban J connectivity index is 1.77. The minimum absolute atomic E-state index is 0.0451. The molecular formula is C19H12N2O3S. The topological polar surface area (TPSA) is 83.1 Å². The van der Waals surface area contributed by atoms with Gasteiger partial charge in [0.05, 0.1) is 16.5 Å². The van der Waals surface area contributed by atoms with Crippen LogP contribution in [-0.2, 0) is 10.0 Å². The molecule has 4 rings (SSSR count). The minimum Gasteiger partial charge on any atom is -0.456 e. The van der Waals surface area contributed by atoms with Crippen molar-refractivity contribution in [1.82, 2.24) is 0 Å². The Hall–Kier alpha value is -3.30. The molecule has 4 aromatic rings. The van der Waals surface area contributed by atoms with Gasteiger partial charge in [0.2, 0.25) is 0 Å². The summed E-state index contributed by atoms with van der Waals surface area (Å²) in [6.45, 7) is 0. The third-order valence-electron chi connectivity index (χ3n) is 3.90. The molecule has 0 aliphatic heterocycles. The van der Waals surface area contributed by atoms with E-state index >= 15 is 0 Å². The van der Waals surface area contributed by atoms with Crippen molar-refractivity contribution in [3.8, 4) is 6.07 Å². The van der Waals surface area contributed by atoms with E-state index in [1.807, 2.05) is 30.3 Å². The highest BCUT2D eigenvalue weighted by atomic mass is 32.2. The van der Waals surface area contributed by atoms with Gasteiger partial charge in [0.25, 0.3) is 10.0 Å². The van der Waals surface area contributed by atoms with Crippen LogP contribution in [0, 0.1) is 11.3 Å². The van der Waals surface area contributed by atoms with Crippen molar-refractivity contribution in [3.05, 3.63) is 72.3 Å². The lowest BCUT2D eigenvalue weighted by Crippen LogP contribution is -2.12. The Bertz CT molecular complexity index is 1250. The fourth-order valence-electron chi connectivity index (χ4n) is 2.74. The third kappa shape index (κ3) is 2.71. The number of nitriles is 1. The number of furan rings is 1. The lowest BCUT2D eigenvalue weighted by atomic mass is 10.1. The molecule has 0 bridgehead atoms. The number of para-hydroxylation sites is 1. The summed E-state index contributed by atoms with van der Waals surface area (Å²) in [6, 6.07) is 20.5. The maximum Gasteiger partial charge on any atom is 0.261 e. The van der Waals surface area contributed by atoms with Crippen LogP contribution in [0.25, 0.3) is 21.9 Å². The van der Waals surface area contributed by atoms with Crippen molar-refractivity contribution in [2.24, 2.45) is 0 Å². The number of hydrogen-bond donors (Lipinski definition) is 1. The fourth-order valence-corrected chi connectivity index (χ4v) is 3.83. The van der Waals surface area contributed by atoms with Gasteiger partial charge in [-0.15, -0.1) is 0 Å². The van der Waals surface area contributed by atoms with E-state index in [1.54, 1.807) is 30.3 Å². The highest BCUT2D eigenvalue weighted by Crippen LogP contribution is 2.31. The van der Waals surface area contributed by atoms with Crippen LogP contribution in [0.2, 0.25) is 0 Å². The second kappa shape index (κ2) is 5.65. The van der Waals surface area contributed by atoms with Gasteiger partial charge in [-0.1, -0.05) is 24.3 Å². The zero-order valence-corrected chi connectivity index (χ0v) is 13.7. The summed E-state index contributed by atoms with van der Waals surface area (Å²) in [5.74, 6) is 0. The maximum absolute atomic E-state index is 12.6. The Morgan fingerprint density at radius 3 is 2.52 bits per heavy atom. The molecule has 0 spiro atoms. The van der Waals surface area contributed by atoms with E-state index in [1.165, 1.54) is 12.1 Å². The van der Waals surface area contributed by atoms with Crippen LogP contribution in [-0.4, -0.2) is 8.42 Å². The molecule has 0 radical (unpaired) electrons. The van der Waals surface area contributed by atoms with E-state index in [0.29, 0.717) is 16.8 Å². The normalized spacial score (nSPS) is 11.5. The van der Waals surface area contributed by atoms with E-state index < -0.39 is 10.0 Å². The SMILES string of the molecule is N#Cc1cccc(S(=O)(=O)Nc2ccc3oc4ccccc4c3c2)c1. The van der Waals surface area contributed by atoms with Gasteiger partial charge in [-0.05, 0) is 42.5 Å². The first-order chi connectivity index (χ1) is 12.1. The number of sulfonamides is 1.